The molecule has 4 heteroatoms. The highest BCUT2D eigenvalue weighted by Crippen LogP contribution is 2.24. The molecule has 0 fully saturated rings. The monoisotopic (exact) mass is 377 g/mol. The normalized spacial score (nSPS) is 11.1. The summed E-state index contributed by atoms with van der Waals surface area (Å²) in [5.41, 5.74) is 0. The van der Waals surface area contributed by atoms with Crippen LogP contribution in [0.5, 0.6) is 0 Å². The van der Waals surface area contributed by atoms with Gasteiger partial charge in [-0.15, -0.1) is 9.79 Å². The third-order valence-corrected chi connectivity index (χ3v) is 4.75. The fraction of sp³-hybridized carbons (Fsp3) is 1.00. The SMILES string of the molecule is CCCCC(CCCCCC(C)C)CCCCCC(C)C.O=[P+](O)O. The van der Waals surface area contributed by atoms with Crippen LogP contribution in [0.15, 0.2) is 0 Å². The highest BCUT2D eigenvalue weighted by atomic mass is 31.1. The maximum Gasteiger partial charge on any atom is 0.692 e. The molecule has 25 heavy (non-hydrogen) atoms. The standard InChI is InChI=1S/C21H44.HO3P/c1-6-7-16-21(17-12-8-10-14-19(2)3)18-13-9-11-15-20(4)5;1-4(2)3/h19-21H,6-18H2,1-5H3;(H-,1,2,3)/p+1. The minimum atomic E-state index is -2.87. The zero-order valence-corrected chi connectivity index (χ0v) is 18.6. The average Bonchev–Trinajstić information content (AvgIpc) is 2.49. The summed E-state index contributed by atoms with van der Waals surface area (Å²) >= 11 is 0. The minimum Gasteiger partial charge on any atom is -0.134 e. The van der Waals surface area contributed by atoms with Crippen molar-refractivity contribution in [2.45, 2.75) is 118 Å². The number of unbranched alkanes of at least 4 members (excludes halogenated alkanes) is 5. The molecule has 0 aliphatic heterocycles. The summed E-state index contributed by atoms with van der Waals surface area (Å²) in [6, 6.07) is 0. The van der Waals surface area contributed by atoms with Crippen LogP contribution in [0.3, 0.4) is 0 Å². The second kappa shape index (κ2) is 20.3. The minimum absolute atomic E-state index is 0.891. The van der Waals surface area contributed by atoms with Crippen LogP contribution in [0.4, 0.5) is 0 Å². The molecule has 0 aromatic rings. The molecule has 0 atom stereocenters. The first kappa shape index (κ1) is 27.2. The van der Waals surface area contributed by atoms with Crippen molar-refractivity contribution in [1.29, 1.82) is 0 Å². The molecule has 0 heterocycles. The molecular formula is C21H46O3P+. The Hall–Kier alpha value is 0.0200. The Morgan fingerprint density at radius 3 is 1.28 bits per heavy atom. The van der Waals surface area contributed by atoms with Crippen molar-refractivity contribution in [2.75, 3.05) is 0 Å². The molecule has 0 radical (unpaired) electrons. The Kier molecular flexibility index (Phi) is 22.2. The third-order valence-electron chi connectivity index (χ3n) is 4.75. The van der Waals surface area contributed by atoms with E-state index in [4.69, 9.17) is 14.4 Å². The van der Waals surface area contributed by atoms with E-state index < -0.39 is 8.25 Å². The van der Waals surface area contributed by atoms with Gasteiger partial charge >= 0.3 is 8.25 Å². The van der Waals surface area contributed by atoms with Gasteiger partial charge in [0.25, 0.3) is 0 Å². The summed E-state index contributed by atoms with van der Waals surface area (Å²) in [7, 11) is -2.87. The second-order valence-corrected chi connectivity index (χ2v) is 8.83. The molecule has 2 N–H and O–H groups in total. The van der Waals surface area contributed by atoms with Gasteiger partial charge in [-0.05, 0) is 17.8 Å². The van der Waals surface area contributed by atoms with E-state index in [9.17, 15) is 0 Å². The Morgan fingerprint density at radius 1 is 0.640 bits per heavy atom. The summed E-state index contributed by atoms with van der Waals surface area (Å²) in [4.78, 5) is 14.2. The van der Waals surface area contributed by atoms with E-state index in [1.807, 2.05) is 0 Å². The Morgan fingerprint density at radius 2 is 0.960 bits per heavy atom. The smallest absolute Gasteiger partial charge is 0.134 e. The zero-order valence-electron chi connectivity index (χ0n) is 17.7. The summed E-state index contributed by atoms with van der Waals surface area (Å²) in [6.07, 6.45) is 19.0. The molecule has 0 spiro atoms. The molecule has 0 aliphatic rings. The molecule has 0 saturated carbocycles. The van der Waals surface area contributed by atoms with Gasteiger partial charge in [-0.1, -0.05) is 118 Å². The van der Waals surface area contributed by atoms with Crippen LogP contribution in [-0.4, -0.2) is 9.79 Å². The van der Waals surface area contributed by atoms with Gasteiger partial charge < -0.3 is 0 Å². The molecule has 0 amide bonds. The molecule has 3 nitrogen and oxygen atoms in total. The van der Waals surface area contributed by atoms with Crippen LogP contribution < -0.4 is 0 Å². The predicted octanol–water partition coefficient (Wildman–Crippen LogP) is 7.63. The van der Waals surface area contributed by atoms with Gasteiger partial charge in [-0.2, -0.15) is 0 Å². The Bertz CT molecular complexity index is 258. The van der Waals surface area contributed by atoms with E-state index in [2.05, 4.69) is 34.6 Å². The van der Waals surface area contributed by atoms with E-state index in [-0.39, 0.29) is 0 Å². The molecule has 0 aromatic carbocycles. The van der Waals surface area contributed by atoms with Crippen LogP contribution >= 0.6 is 8.25 Å². The lowest BCUT2D eigenvalue weighted by Crippen LogP contribution is -2.01. The van der Waals surface area contributed by atoms with Crippen molar-refractivity contribution in [1.82, 2.24) is 0 Å². The van der Waals surface area contributed by atoms with Crippen molar-refractivity contribution in [3.05, 3.63) is 0 Å². The highest BCUT2D eigenvalue weighted by molar-refractivity contribution is 7.30. The second-order valence-electron chi connectivity index (χ2n) is 8.32. The van der Waals surface area contributed by atoms with Gasteiger partial charge in [0, 0.05) is 4.57 Å². The quantitative estimate of drug-likeness (QED) is 0.228. The van der Waals surface area contributed by atoms with E-state index in [0.29, 0.717) is 0 Å². The van der Waals surface area contributed by atoms with E-state index in [1.165, 1.54) is 83.5 Å². The average molecular weight is 378 g/mol. The van der Waals surface area contributed by atoms with Crippen molar-refractivity contribution in [3.63, 3.8) is 0 Å². The lowest BCUT2D eigenvalue weighted by atomic mass is 9.89. The largest absolute Gasteiger partial charge is 0.692 e. The maximum absolute atomic E-state index is 8.70. The van der Waals surface area contributed by atoms with Crippen molar-refractivity contribution >= 4 is 8.25 Å². The number of rotatable bonds is 15. The van der Waals surface area contributed by atoms with Gasteiger partial charge in [0.15, 0.2) is 0 Å². The van der Waals surface area contributed by atoms with Gasteiger partial charge in [0.05, 0.1) is 0 Å². The van der Waals surface area contributed by atoms with Crippen molar-refractivity contribution in [3.8, 4) is 0 Å². The summed E-state index contributed by atoms with van der Waals surface area (Å²) in [5.74, 6) is 2.81. The van der Waals surface area contributed by atoms with Gasteiger partial charge in [0.1, 0.15) is 0 Å². The van der Waals surface area contributed by atoms with E-state index >= 15 is 0 Å². The number of hydrogen-bond acceptors (Lipinski definition) is 1. The summed E-state index contributed by atoms with van der Waals surface area (Å²) in [5, 5.41) is 0. The zero-order chi connectivity index (χ0) is 19.5. The van der Waals surface area contributed by atoms with Crippen LogP contribution in [0, 0.1) is 17.8 Å². The van der Waals surface area contributed by atoms with Crippen LogP contribution in [0.1, 0.15) is 118 Å². The molecule has 0 saturated heterocycles. The van der Waals surface area contributed by atoms with Gasteiger partial charge in [-0.25, -0.2) is 0 Å². The molecular weight excluding hydrogens is 331 g/mol. The highest BCUT2D eigenvalue weighted by Gasteiger charge is 2.08. The number of hydrogen-bond donors (Lipinski definition) is 2. The first-order valence-corrected chi connectivity index (χ1v) is 11.8. The third kappa shape index (κ3) is 29.1. The lowest BCUT2D eigenvalue weighted by molar-refractivity contribution is 0.366. The predicted molar refractivity (Wildman–Crippen MR) is 111 cm³/mol. The van der Waals surface area contributed by atoms with Crippen LogP contribution in [0.25, 0.3) is 0 Å². The summed E-state index contributed by atoms with van der Waals surface area (Å²) < 4.78 is 8.70. The van der Waals surface area contributed by atoms with Crippen molar-refractivity contribution < 1.29 is 14.4 Å². The maximum atomic E-state index is 8.70. The molecule has 0 aliphatic carbocycles. The molecule has 0 aromatic heterocycles. The summed E-state index contributed by atoms with van der Waals surface area (Å²) in [6.45, 7) is 11.7. The van der Waals surface area contributed by atoms with Crippen LogP contribution in [0.2, 0.25) is 0 Å². The fourth-order valence-electron chi connectivity index (χ4n) is 3.25. The molecule has 0 rings (SSSR count). The first-order valence-electron chi connectivity index (χ1n) is 10.6. The van der Waals surface area contributed by atoms with Crippen molar-refractivity contribution in [2.24, 2.45) is 17.8 Å². The molecule has 152 valence electrons. The van der Waals surface area contributed by atoms with E-state index in [0.717, 1.165) is 17.8 Å². The van der Waals surface area contributed by atoms with Gasteiger partial charge in [0.2, 0.25) is 0 Å². The van der Waals surface area contributed by atoms with Gasteiger partial charge in [-0.3, -0.25) is 0 Å². The molecule has 0 unspecified atom stereocenters. The lowest BCUT2D eigenvalue weighted by Gasteiger charge is -2.17. The van der Waals surface area contributed by atoms with E-state index in [1.54, 1.807) is 0 Å². The molecule has 0 bridgehead atoms. The fourth-order valence-corrected chi connectivity index (χ4v) is 3.25. The first-order chi connectivity index (χ1) is 11.8. The Labute approximate surface area is 159 Å². The van der Waals surface area contributed by atoms with Crippen LogP contribution in [-0.2, 0) is 4.57 Å². The Balaban J connectivity index is 0. The topological polar surface area (TPSA) is 57.5 Å².